The topological polar surface area (TPSA) is 82.8 Å². The van der Waals surface area contributed by atoms with E-state index in [-0.39, 0.29) is 23.6 Å². The number of likely N-dealkylation sites (tertiary alicyclic amines) is 1. The SMILES string of the molecule is Cc1cc(Br)c(O)c(C(=O)N2CCC(NC(=O)c3occc3C)CC2)c1. The van der Waals surface area contributed by atoms with E-state index in [1.54, 1.807) is 23.1 Å². The van der Waals surface area contributed by atoms with E-state index in [2.05, 4.69) is 21.2 Å². The maximum Gasteiger partial charge on any atom is 0.287 e. The molecule has 2 heterocycles. The molecule has 1 aliphatic heterocycles. The monoisotopic (exact) mass is 420 g/mol. The van der Waals surface area contributed by atoms with Crippen LogP contribution in [0.4, 0.5) is 0 Å². The van der Waals surface area contributed by atoms with Crippen LogP contribution in [-0.4, -0.2) is 41.0 Å². The van der Waals surface area contributed by atoms with Gasteiger partial charge in [-0.25, -0.2) is 0 Å². The number of piperidine rings is 1. The summed E-state index contributed by atoms with van der Waals surface area (Å²) in [6.07, 6.45) is 2.81. The lowest BCUT2D eigenvalue weighted by Gasteiger charge is -2.32. The van der Waals surface area contributed by atoms with E-state index in [4.69, 9.17) is 4.42 Å². The largest absolute Gasteiger partial charge is 0.506 e. The van der Waals surface area contributed by atoms with Gasteiger partial charge in [-0.2, -0.15) is 0 Å². The molecule has 26 heavy (non-hydrogen) atoms. The molecule has 0 atom stereocenters. The van der Waals surface area contributed by atoms with Crippen molar-refractivity contribution in [2.45, 2.75) is 32.7 Å². The molecule has 6 nitrogen and oxygen atoms in total. The normalized spacial score (nSPS) is 15.1. The zero-order valence-electron chi connectivity index (χ0n) is 14.7. The van der Waals surface area contributed by atoms with Crippen LogP contribution in [0.25, 0.3) is 0 Å². The van der Waals surface area contributed by atoms with Crippen LogP contribution >= 0.6 is 15.9 Å². The molecule has 7 heteroatoms. The fourth-order valence-corrected chi connectivity index (χ4v) is 3.73. The third kappa shape index (κ3) is 3.77. The van der Waals surface area contributed by atoms with Crippen molar-refractivity contribution in [2.24, 2.45) is 0 Å². The van der Waals surface area contributed by atoms with E-state index < -0.39 is 0 Å². The molecule has 2 amide bonds. The van der Waals surface area contributed by atoms with Crippen LogP contribution in [0, 0.1) is 13.8 Å². The molecular weight excluding hydrogens is 400 g/mol. The summed E-state index contributed by atoms with van der Waals surface area (Å²) >= 11 is 3.27. The molecule has 0 saturated carbocycles. The first-order chi connectivity index (χ1) is 12.4. The third-order valence-electron chi connectivity index (χ3n) is 4.62. The number of nitrogens with one attached hydrogen (secondary N) is 1. The van der Waals surface area contributed by atoms with Crippen molar-refractivity contribution in [3.63, 3.8) is 0 Å². The molecule has 2 aromatic rings. The van der Waals surface area contributed by atoms with Crippen molar-refractivity contribution < 1.29 is 19.1 Å². The van der Waals surface area contributed by atoms with Crippen molar-refractivity contribution >= 4 is 27.7 Å². The molecule has 0 radical (unpaired) electrons. The first-order valence-corrected chi connectivity index (χ1v) is 9.29. The summed E-state index contributed by atoms with van der Waals surface area (Å²) < 4.78 is 5.72. The molecule has 1 aromatic carbocycles. The molecule has 2 N–H and O–H groups in total. The van der Waals surface area contributed by atoms with Gasteiger partial charge in [0.15, 0.2) is 5.76 Å². The van der Waals surface area contributed by atoms with Crippen molar-refractivity contribution in [1.29, 1.82) is 0 Å². The van der Waals surface area contributed by atoms with Gasteiger partial charge in [0.25, 0.3) is 11.8 Å². The van der Waals surface area contributed by atoms with E-state index in [9.17, 15) is 14.7 Å². The molecule has 0 unspecified atom stereocenters. The zero-order valence-corrected chi connectivity index (χ0v) is 16.3. The molecule has 0 bridgehead atoms. The number of amides is 2. The Hall–Kier alpha value is -2.28. The first kappa shape index (κ1) is 18.5. The lowest BCUT2D eigenvalue weighted by Crippen LogP contribution is -2.46. The van der Waals surface area contributed by atoms with Gasteiger partial charge in [0.1, 0.15) is 5.75 Å². The number of carbonyl (C=O) groups is 2. The van der Waals surface area contributed by atoms with Gasteiger partial charge in [-0.1, -0.05) is 0 Å². The summed E-state index contributed by atoms with van der Waals surface area (Å²) in [5.41, 5.74) is 2.00. The third-order valence-corrected chi connectivity index (χ3v) is 5.23. The van der Waals surface area contributed by atoms with E-state index in [1.165, 1.54) is 6.26 Å². The van der Waals surface area contributed by atoms with E-state index in [0.717, 1.165) is 11.1 Å². The Labute approximate surface area is 160 Å². The Morgan fingerprint density at radius 1 is 1.27 bits per heavy atom. The zero-order chi connectivity index (χ0) is 18.8. The van der Waals surface area contributed by atoms with Crippen molar-refractivity contribution in [2.75, 3.05) is 13.1 Å². The van der Waals surface area contributed by atoms with Gasteiger partial charge < -0.3 is 19.7 Å². The number of aromatic hydroxyl groups is 1. The molecular formula is C19H21BrN2O4. The molecule has 1 fully saturated rings. The number of furan rings is 1. The van der Waals surface area contributed by atoms with E-state index >= 15 is 0 Å². The highest BCUT2D eigenvalue weighted by molar-refractivity contribution is 9.10. The summed E-state index contributed by atoms with van der Waals surface area (Å²) in [7, 11) is 0. The van der Waals surface area contributed by atoms with Gasteiger partial charge in [-0.15, -0.1) is 0 Å². The van der Waals surface area contributed by atoms with Crippen LogP contribution in [-0.2, 0) is 0 Å². The van der Waals surface area contributed by atoms with Gasteiger partial charge >= 0.3 is 0 Å². The first-order valence-electron chi connectivity index (χ1n) is 8.50. The van der Waals surface area contributed by atoms with Crippen molar-refractivity contribution in [1.82, 2.24) is 10.2 Å². The second-order valence-corrected chi connectivity index (χ2v) is 7.47. The van der Waals surface area contributed by atoms with Crippen molar-refractivity contribution in [3.05, 3.63) is 51.4 Å². The van der Waals surface area contributed by atoms with Gasteiger partial charge in [0, 0.05) is 24.7 Å². The maximum absolute atomic E-state index is 12.7. The average Bonchev–Trinajstić information content (AvgIpc) is 3.04. The Morgan fingerprint density at radius 3 is 2.58 bits per heavy atom. The molecule has 138 valence electrons. The van der Waals surface area contributed by atoms with Gasteiger partial charge in [-0.05, 0) is 66.4 Å². The highest BCUT2D eigenvalue weighted by atomic mass is 79.9. The lowest BCUT2D eigenvalue weighted by atomic mass is 10.0. The van der Waals surface area contributed by atoms with Gasteiger partial charge in [0.05, 0.1) is 16.3 Å². The molecule has 1 saturated heterocycles. The summed E-state index contributed by atoms with van der Waals surface area (Å²) in [5.74, 6) is -0.126. The Morgan fingerprint density at radius 2 is 1.96 bits per heavy atom. The Bertz CT molecular complexity index is 838. The minimum atomic E-state index is -0.225. The summed E-state index contributed by atoms with van der Waals surface area (Å²) in [6, 6.07) is 5.21. The standard InChI is InChI=1S/C19H21BrN2O4/c1-11-9-14(16(23)15(20)10-11)19(25)22-6-3-13(4-7-22)21-18(24)17-12(2)5-8-26-17/h5,8-10,13,23H,3-4,6-7H2,1-2H3,(H,21,24). The molecule has 0 aliphatic carbocycles. The molecule has 1 aliphatic rings. The quantitative estimate of drug-likeness (QED) is 0.796. The van der Waals surface area contributed by atoms with Gasteiger partial charge in [-0.3, -0.25) is 9.59 Å². The predicted octanol–water partition coefficient (Wildman–Crippen LogP) is 3.40. The second-order valence-electron chi connectivity index (χ2n) is 6.62. The average molecular weight is 421 g/mol. The highest BCUT2D eigenvalue weighted by Gasteiger charge is 2.27. The minimum absolute atomic E-state index is 0.00566. The second kappa shape index (κ2) is 7.53. The van der Waals surface area contributed by atoms with Gasteiger partial charge in [0.2, 0.25) is 0 Å². The lowest BCUT2D eigenvalue weighted by molar-refractivity contribution is 0.0692. The summed E-state index contributed by atoms with van der Waals surface area (Å²) in [4.78, 5) is 26.7. The summed E-state index contributed by atoms with van der Waals surface area (Å²) in [5, 5.41) is 13.1. The number of rotatable bonds is 3. The number of halogens is 1. The number of benzene rings is 1. The van der Waals surface area contributed by atoms with Crippen LogP contribution in [0.2, 0.25) is 0 Å². The maximum atomic E-state index is 12.7. The molecule has 1 aromatic heterocycles. The number of phenolic OH excluding ortho intramolecular Hbond substituents is 1. The minimum Gasteiger partial charge on any atom is -0.506 e. The fraction of sp³-hybridized carbons (Fsp3) is 0.368. The van der Waals surface area contributed by atoms with Crippen molar-refractivity contribution in [3.8, 4) is 5.75 Å². The number of nitrogens with zero attached hydrogens (tertiary/aromatic N) is 1. The van der Waals surface area contributed by atoms with Crippen LogP contribution in [0.1, 0.15) is 44.9 Å². The smallest absolute Gasteiger partial charge is 0.287 e. The fourth-order valence-electron chi connectivity index (χ4n) is 3.15. The predicted molar refractivity (Wildman–Crippen MR) is 100 cm³/mol. The van der Waals surface area contributed by atoms with E-state index in [0.29, 0.717) is 41.7 Å². The van der Waals surface area contributed by atoms with Crippen LogP contribution in [0.5, 0.6) is 5.75 Å². The number of carbonyl (C=O) groups excluding carboxylic acids is 2. The number of hydrogen-bond acceptors (Lipinski definition) is 4. The summed E-state index contributed by atoms with van der Waals surface area (Å²) in [6.45, 7) is 4.74. The van der Waals surface area contributed by atoms with E-state index in [1.807, 2.05) is 13.8 Å². The Kier molecular flexibility index (Phi) is 5.36. The molecule has 3 rings (SSSR count). The Balaban J connectivity index is 1.61. The number of hydrogen-bond donors (Lipinski definition) is 2. The molecule has 0 spiro atoms. The number of aryl methyl sites for hydroxylation is 2. The van der Waals surface area contributed by atoms with Crippen LogP contribution in [0.15, 0.2) is 33.4 Å². The number of phenols is 1. The van der Waals surface area contributed by atoms with Crippen LogP contribution < -0.4 is 5.32 Å². The van der Waals surface area contributed by atoms with Crippen LogP contribution in [0.3, 0.4) is 0 Å². The highest BCUT2D eigenvalue weighted by Crippen LogP contribution is 2.30.